The third-order valence-electron chi connectivity index (χ3n) is 7.85. The van der Waals surface area contributed by atoms with Gasteiger partial charge in [0.15, 0.2) is 11.9 Å². The first-order chi connectivity index (χ1) is 14.8. The highest BCUT2D eigenvalue weighted by Gasteiger charge is 2.69. The van der Waals surface area contributed by atoms with Gasteiger partial charge in [-0.25, -0.2) is 9.78 Å². The van der Waals surface area contributed by atoms with E-state index in [9.17, 15) is 4.79 Å². The zero-order chi connectivity index (χ0) is 21.8. The lowest BCUT2D eigenvalue weighted by molar-refractivity contribution is -0.575. The van der Waals surface area contributed by atoms with E-state index in [1.54, 1.807) is 0 Å². The van der Waals surface area contributed by atoms with E-state index in [2.05, 4.69) is 13.8 Å². The van der Waals surface area contributed by atoms with E-state index in [-0.39, 0.29) is 24.2 Å². The van der Waals surface area contributed by atoms with Crippen LogP contribution in [0.25, 0.3) is 0 Å². The van der Waals surface area contributed by atoms with Crippen molar-refractivity contribution >= 4 is 5.97 Å². The number of carbonyl (C=O) groups excluding carboxylic acids is 1. The molecule has 0 amide bonds. The normalized spacial score (nSPS) is 43.6. The van der Waals surface area contributed by atoms with Crippen molar-refractivity contribution in [1.82, 2.24) is 0 Å². The standard InChI is InChI=1S/C24H32O7/c1-14-5-10-19-15(2)21(27-17-8-6-16(7-9-17)13-20(25)26-4)28-22-24(19)18(14)11-12-23(3,29-22)30-31-24/h6-9,14-15,18-19,21-22H,5,10-13H2,1-4H3/t14-,15-,18+,19+,21+,22-,23-,24-/m1/s1. The van der Waals surface area contributed by atoms with Crippen LogP contribution in [0.3, 0.4) is 0 Å². The van der Waals surface area contributed by atoms with Crippen LogP contribution in [-0.4, -0.2) is 37.0 Å². The van der Waals surface area contributed by atoms with Gasteiger partial charge in [0.25, 0.3) is 0 Å². The SMILES string of the molecule is COC(=O)Cc1ccc(O[C@H]2O[C@@H]3O[C@@]4(C)CC[C@H]5[C@H](C)CC[C@@H]([C@H]2C)[C@@]35OO4)cc1. The van der Waals surface area contributed by atoms with Gasteiger partial charge in [0, 0.05) is 18.3 Å². The summed E-state index contributed by atoms with van der Waals surface area (Å²) in [6, 6.07) is 7.49. The average molecular weight is 433 g/mol. The topological polar surface area (TPSA) is 72.5 Å². The first kappa shape index (κ1) is 21.2. The maximum atomic E-state index is 11.5. The summed E-state index contributed by atoms with van der Waals surface area (Å²) in [6.45, 7) is 6.40. The van der Waals surface area contributed by atoms with E-state index in [4.69, 9.17) is 28.7 Å². The summed E-state index contributed by atoms with van der Waals surface area (Å²) in [7, 11) is 1.39. The molecule has 0 N–H and O–H groups in total. The van der Waals surface area contributed by atoms with Crippen molar-refractivity contribution in [3.8, 4) is 5.75 Å². The Kier molecular flexibility index (Phi) is 5.28. The Morgan fingerprint density at radius 1 is 1.10 bits per heavy atom. The first-order valence-corrected chi connectivity index (χ1v) is 11.4. The van der Waals surface area contributed by atoms with Gasteiger partial charge in [-0.3, -0.25) is 4.79 Å². The molecule has 2 bridgehead atoms. The van der Waals surface area contributed by atoms with Crippen molar-refractivity contribution in [2.45, 2.75) is 76.8 Å². The van der Waals surface area contributed by atoms with Crippen LogP contribution >= 0.6 is 0 Å². The van der Waals surface area contributed by atoms with E-state index >= 15 is 0 Å². The summed E-state index contributed by atoms with van der Waals surface area (Å²) in [5, 5.41) is 0. The molecule has 1 aromatic rings. The predicted molar refractivity (Wildman–Crippen MR) is 110 cm³/mol. The molecule has 5 aliphatic rings. The minimum Gasteiger partial charge on any atom is -0.469 e. The van der Waals surface area contributed by atoms with Gasteiger partial charge in [0.1, 0.15) is 5.75 Å². The molecule has 4 heterocycles. The molecule has 0 aromatic heterocycles. The lowest BCUT2D eigenvalue weighted by Crippen LogP contribution is -2.70. The van der Waals surface area contributed by atoms with Gasteiger partial charge in [0.2, 0.25) is 12.1 Å². The number of hydrogen-bond donors (Lipinski definition) is 0. The molecule has 31 heavy (non-hydrogen) atoms. The number of esters is 1. The van der Waals surface area contributed by atoms with E-state index in [1.807, 2.05) is 31.2 Å². The van der Waals surface area contributed by atoms with Crippen LogP contribution in [-0.2, 0) is 35.2 Å². The lowest BCUT2D eigenvalue weighted by Gasteiger charge is -2.60. The maximum absolute atomic E-state index is 11.5. The molecule has 5 fully saturated rings. The number of hydrogen-bond acceptors (Lipinski definition) is 7. The maximum Gasteiger partial charge on any atom is 0.309 e. The van der Waals surface area contributed by atoms with Crippen molar-refractivity contribution in [1.29, 1.82) is 0 Å². The van der Waals surface area contributed by atoms with Crippen molar-refractivity contribution < 1.29 is 33.5 Å². The van der Waals surface area contributed by atoms with Gasteiger partial charge >= 0.3 is 5.97 Å². The third kappa shape index (κ3) is 3.46. The summed E-state index contributed by atoms with van der Waals surface area (Å²) in [5.41, 5.74) is 0.292. The summed E-state index contributed by atoms with van der Waals surface area (Å²) in [5.74, 6) is 0.834. The third-order valence-corrected chi connectivity index (χ3v) is 7.85. The molecule has 1 saturated carbocycles. The first-order valence-electron chi connectivity index (χ1n) is 11.4. The molecule has 1 aromatic carbocycles. The number of methoxy groups -OCH3 is 1. The zero-order valence-electron chi connectivity index (χ0n) is 18.7. The van der Waals surface area contributed by atoms with Crippen molar-refractivity contribution in [2.75, 3.05) is 7.11 Å². The summed E-state index contributed by atoms with van der Waals surface area (Å²) in [4.78, 5) is 23.5. The Bertz CT molecular complexity index is 826. The summed E-state index contributed by atoms with van der Waals surface area (Å²) < 4.78 is 23.8. The van der Waals surface area contributed by atoms with Crippen molar-refractivity contribution in [3.05, 3.63) is 29.8 Å². The molecule has 6 rings (SSSR count). The van der Waals surface area contributed by atoms with Crippen LogP contribution in [0.4, 0.5) is 0 Å². The number of rotatable bonds is 4. The molecule has 4 saturated heterocycles. The lowest BCUT2D eigenvalue weighted by atomic mass is 9.58. The molecule has 0 unspecified atom stereocenters. The molecule has 4 aliphatic heterocycles. The molecule has 170 valence electrons. The molecule has 7 heteroatoms. The Morgan fingerprint density at radius 3 is 2.61 bits per heavy atom. The van der Waals surface area contributed by atoms with Gasteiger partial charge in [-0.2, -0.15) is 0 Å². The Balaban J connectivity index is 1.38. The Morgan fingerprint density at radius 2 is 1.87 bits per heavy atom. The van der Waals surface area contributed by atoms with Gasteiger partial charge in [0.05, 0.1) is 13.5 Å². The van der Waals surface area contributed by atoms with Gasteiger partial charge in [-0.05, 0) is 55.7 Å². The van der Waals surface area contributed by atoms with E-state index in [0.717, 1.165) is 31.2 Å². The van der Waals surface area contributed by atoms with Crippen LogP contribution in [0, 0.1) is 23.7 Å². The fourth-order valence-corrected chi connectivity index (χ4v) is 6.07. The summed E-state index contributed by atoms with van der Waals surface area (Å²) >= 11 is 0. The molecule has 7 nitrogen and oxygen atoms in total. The fourth-order valence-electron chi connectivity index (χ4n) is 6.07. The minimum atomic E-state index is -0.793. The Labute approximate surface area is 183 Å². The van der Waals surface area contributed by atoms with Crippen LogP contribution in [0.1, 0.15) is 52.0 Å². The molecule has 8 atom stereocenters. The highest BCUT2D eigenvalue weighted by Crippen LogP contribution is 2.60. The van der Waals surface area contributed by atoms with Gasteiger partial charge in [-0.1, -0.05) is 26.0 Å². The van der Waals surface area contributed by atoms with Crippen LogP contribution in [0.5, 0.6) is 5.75 Å². The molecule has 0 radical (unpaired) electrons. The average Bonchev–Trinajstić information content (AvgIpc) is 2.99. The second kappa shape index (κ2) is 7.73. The molecule has 1 aliphatic carbocycles. The summed E-state index contributed by atoms with van der Waals surface area (Å²) in [6.07, 6.45) is 3.25. The largest absolute Gasteiger partial charge is 0.469 e. The van der Waals surface area contributed by atoms with E-state index < -0.39 is 24.0 Å². The quantitative estimate of drug-likeness (QED) is 0.526. The van der Waals surface area contributed by atoms with Crippen molar-refractivity contribution in [2.24, 2.45) is 23.7 Å². The second-order valence-corrected chi connectivity index (χ2v) is 9.79. The van der Waals surface area contributed by atoms with Gasteiger partial charge < -0.3 is 18.9 Å². The number of benzene rings is 1. The molecular formula is C24H32O7. The highest BCUT2D eigenvalue weighted by atomic mass is 17.3. The van der Waals surface area contributed by atoms with Crippen molar-refractivity contribution in [3.63, 3.8) is 0 Å². The van der Waals surface area contributed by atoms with E-state index in [1.165, 1.54) is 7.11 Å². The minimum absolute atomic E-state index is 0.107. The number of carbonyl (C=O) groups is 1. The predicted octanol–water partition coefficient (Wildman–Crippen LogP) is 3.99. The van der Waals surface area contributed by atoms with Gasteiger partial charge in [-0.15, -0.1) is 0 Å². The van der Waals surface area contributed by atoms with Crippen LogP contribution in [0.2, 0.25) is 0 Å². The second-order valence-electron chi connectivity index (χ2n) is 9.79. The fraction of sp³-hybridized carbons (Fsp3) is 0.708. The van der Waals surface area contributed by atoms with E-state index in [0.29, 0.717) is 17.6 Å². The smallest absolute Gasteiger partial charge is 0.309 e. The zero-order valence-corrected chi connectivity index (χ0v) is 18.7. The monoisotopic (exact) mass is 432 g/mol. The molecule has 1 spiro atoms. The van der Waals surface area contributed by atoms with Crippen LogP contribution < -0.4 is 4.74 Å². The molecular weight excluding hydrogens is 400 g/mol. The number of fused-ring (bicyclic) bond motifs is 2. The Hall–Kier alpha value is -1.67. The highest BCUT2D eigenvalue weighted by molar-refractivity contribution is 5.72. The number of ether oxygens (including phenoxy) is 4. The van der Waals surface area contributed by atoms with Crippen LogP contribution in [0.15, 0.2) is 24.3 Å².